The fourth-order valence-corrected chi connectivity index (χ4v) is 1.72. The number of ether oxygens (including phenoxy) is 1. The van der Waals surface area contributed by atoms with E-state index in [1.807, 2.05) is 0 Å². The van der Waals surface area contributed by atoms with Crippen LogP contribution in [-0.4, -0.2) is 32.5 Å². The lowest BCUT2D eigenvalue weighted by atomic mass is 10.4. The number of aryl methyl sites for hydroxylation is 1. The van der Waals surface area contributed by atoms with Gasteiger partial charge in [0.05, 0.1) is 12.7 Å². The smallest absolute Gasteiger partial charge is 0.280 e. The molecule has 17 heavy (non-hydrogen) atoms. The third kappa shape index (κ3) is 2.62. The second-order valence-corrected chi connectivity index (χ2v) is 3.82. The molecule has 1 unspecified atom stereocenters. The number of nitrogens with one attached hydrogen (secondary N) is 1. The molecule has 0 radical (unpaired) electrons. The quantitative estimate of drug-likeness (QED) is 0.576. The molecule has 0 aliphatic rings. The summed E-state index contributed by atoms with van der Waals surface area (Å²) in [5, 5.41) is 0. The van der Waals surface area contributed by atoms with Crippen LogP contribution in [0.4, 0.5) is 5.95 Å². The van der Waals surface area contributed by atoms with E-state index in [9.17, 15) is 4.79 Å². The van der Waals surface area contributed by atoms with Crippen molar-refractivity contribution in [2.24, 2.45) is 0 Å². The van der Waals surface area contributed by atoms with E-state index in [1.165, 1.54) is 0 Å². The van der Waals surface area contributed by atoms with E-state index in [-0.39, 0.29) is 11.5 Å². The van der Waals surface area contributed by atoms with Gasteiger partial charge in [0.15, 0.2) is 11.2 Å². The maximum Gasteiger partial charge on any atom is 0.280 e. The van der Waals surface area contributed by atoms with Gasteiger partial charge in [-0.15, -0.1) is 9.24 Å². The summed E-state index contributed by atoms with van der Waals surface area (Å²) in [4.78, 5) is 22.0. The van der Waals surface area contributed by atoms with Crippen LogP contribution >= 0.6 is 9.24 Å². The van der Waals surface area contributed by atoms with Crippen LogP contribution in [0.5, 0.6) is 0 Å². The molecule has 92 valence electrons. The van der Waals surface area contributed by atoms with E-state index in [0.717, 1.165) is 6.42 Å². The minimum Gasteiger partial charge on any atom is -0.377 e. The summed E-state index contributed by atoms with van der Waals surface area (Å²) in [6, 6.07) is 0. The van der Waals surface area contributed by atoms with Crippen LogP contribution in [0.3, 0.4) is 0 Å². The first-order chi connectivity index (χ1) is 8.22. The second-order valence-electron chi connectivity index (χ2n) is 3.49. The molecule has 0 aliphatic carbocycles. The van der Waals surface area contributed by atoms with Crippen molar-refractivity contribution in [3.63, 3.8) is 0 Å². The van der Waals surface area contributed by atoms with Gasteiger partial charge in [0, 0.05) is 13.2 Å². The number of imidazole rings is 1. The Hall–Kier alpha value is -1.46. The highest BCUT2D eigenvalue weighted by atomic mass is 31.0. The molecule has 3 N–H and O–H groups in total. The lowest BCUT2D eigenvalue weighted by molar-refractivity contribution is 0.175. The zero-order valence-corrected chi connectivity index (χ0v) is 10.4. The van der Waals surface area contributed by atoms with Crippen molar-refractivity contribution in [2.75, 3.05) is 18.7 Å². The highest BCUT2D eigenvalue weighted by Gasteiger charge is 2.08. The largest absolute Gasteiger partial charge is 0.377 e. The lowest BCUT2D eigenvalue weighted by Crippen LogP contribution is -2.12. The molecule has 1 atom stereocenters. The molecule has 0 aliphatic heterocycles. The van der Waals surface area contributed by atoms with Gasteiger partial charge in [-0.1, -0.05) is 0 Å². The van der Waals surface area contributed by atoms with Gasteiger partial charge in [-0.3, -0.25) is 9.78 Å². The number of nitrogen functional groups attached to an aromatic ring is 1. The SMILES string of the molecule is Nc1nc2c(ncn2CCCOCP)c(=O)[nH]1. The summed E-state index contributed by atoms with van der Waals surface area (Å²) in [6.45, 7) is 1.35. The van der Waals surface area contributed by atoms with E-state index in [1.54, 1.807) is 10.9 Å². The number of nitrogens with two attached hydrogens (primary N) is 1. The molecule has 0 bridgehead atoms. The van der Waals surface area contributed by atoms with Crippen LogP contribution in [0.1, 0.15) is 6.42 Å². The molecule has 2 rings (SSSR count). The summed E-state index contributed by atoms with van der Waals surface area (Å²) < 4.78 is 7.01. The molecule has 0 saturated heterocycles. The number of aromatic nitrogens is 4. The number of rotatable bonds is 5. The second kappa shape index (κ2) is 5.25. The third-order valence-corrected chi connectivity index (χ3v) is 2.53. The van der Waals surface area contributed by atoms with Crippen molar-refractivity contribution >= 4 is 26.4 Å². The first-order valence-electron chi connectivity index (χ1n) is 5.21. The minimum absolute atomic E-state index is 0.102. The van der Waals surface area contributed by atoms with E-state index in [4.69, 9.17) is 10.5 Å². The molecular weight excluding hydrogens is 241 g/mol. The maximum atomic E-state index is 11.5. The molecule has 0 amide bonds. The average Bonchev–Trinajstić information content (AvgIpc) is 2.68. The van der Waals surface area contributed by atoms with Crippen molar-refractivity contribution < 1.29 is 4.74 Å². The molecule has 0 fully saturated rings. The Labute approximate surface area is 99.6 Å². The van der Waals surface area contributed by atoms with Gasteiger partial charge < -0.3 is 15.0 Å². The lowest BCUT2D eigenvalue weighted by Gasteiger charge is -2.03. The Kier molecular flexibility index (Phi) is 3.71. The Morgan fingerprint density at radius 2 is 2.41 bits per heavy atom. The van der Waals surface area contributed by atoms with Crippen LogP contribution in [-0.2, 0) is 11.3 Å². The molecule has 0 saturated carbocycles. The fourth-order valence-electron chi connectivity index (χ4n) is 1.55. The third-order valence-electron chi connectivity index (χ3n) is 2.30. The Balaban J connectivity index is 2.21. The molecule has 8 heteroatoms. The van der Waals surface area contributed by atoms with E-state index in [0.29, 0.717) is 30.7 Å². The fraction of sp³-hybridized carbons (Fsp3) is 0.444. The van der Waals surface area contributed by atoms with Gasteiger partial charge in [-0.2, -0.15) is 4.98 Å². The summed E-state index contributed by atoms with van der Waals surface area (Å²) in [7, 11) is 2.49. The Bertz CT molecular complexity index is 564. The number of hydrogen-bond acceptors (Lipinski definition) is 5. The van der Waals surface area contributed by atoms with Gasteiger partial charge >= 0.3 is 0 Å². The average molecular weight is 255 g/mol. The topological polar surface area (TPSA) is 98.8 Å². The van der Waals surface area contributed by atoms with E-state index < -0.39 is 0 Å². The monoisotopic (exact) mass is 255 g/mol. The van der Waals surface area contributed by atoms with Crippen molar-refractivity contribution in [3.05, 3.63) is 16.7 Å². The van der Waals surface area contributed by atoms with Crippen molar-refractivity contribution in [1.82, 2.24) is 19.5 Å². The number of aromatic amines is 1. The van der Waals surface area contributed by atoms with Crippen LogP contribution in [0.25, 0.3) is 11.2 Å². The van der Waals surface area contributed by atoms with Gasteiger partial charge in [-0.05, 0) is 6.42 Å². The number of fused-ring (bicyclic) bond motifs is 1. The molecular formula is C9H14N5O2P. The first-order valence-corrected chi connectivity index (χ1v) is 6.02. The summed E-state index contributed by atoms with van der Waals surface area (Å²) in [6.07, 6.45) is 3.04. The predicted molar refractivity (Wildman–Crippen MR) is 67.7 cm³/mol. The number of nitrogens with zero attached hydrogens (tertiary/aromatic N) is 3. The number of hydrogen-bond donors (Lipinski definition) is 2. The molecule has 2 aromatic rings. The molecule has 0 aromatic carbocycles. The van der Waals surface area contributed by atoms with Crippen LogP contribution in [0, 0.1) is 0 Å². The first kappa shape index (κ1) is 12.0. The van der Waals surface area contributed by atoms with Gasteiger partial charge in [-0.25, -0.2) is 4.98 Å². The van der Waals surface area contributed by atoms with Crippen molar-refractivity contribution in [2.45, 2.75) is 13.0 Å². The van der Waals surface area contributed by atoms with Crippen LogP contribution < -0.4 is 11.3 Å². The molecule has 2 aromatic heterocycles. The standard InChI is InChI=1S/C9H14N5O2P/c10-9-12-7-6(8(15)13-9)11-4-14(7)2-1-3-16-5-17/h4H,1-3,5,17H2,(H3,10,12,13,15). The van der Waals surface area contributed by atoms with Crippen LogP contribution in [0.15, 0.2) is 11.1 Å². The maximum absolute atomic E-state index is 11.5. The van der Waals surface area contributed by atoms with Gasteiger partial charge in [0.2, 0.25) is 5.95 Å². The number of H-pyrrole nitrogens is 1. The molecule has 0 spiro atoms. The number of anilines is 1. The molecule has 2 heterocycles. The van der Waals surface area contributed by atoms with E-state index in [2.05, 4.69) is 24.2 Å². The highest BCUT2D eigenvalue weighted by Crippen LogP contribution is 2.07. The van der Waals surface area contributed by atoms with Crippen molar-refractivity contribution in [3.8, 4) is 0 Å². The Morgan fingerprint density at radius 3 is 3.18 bits per heavy atom. The van der Waals surface area contributed by atoms with E-state index >= 15 is 0 Å². The minimum atomic E-state index is -0.313. The van der Waals surface area contributed by atoms with Gasteiger partial charge in [0.1, 0.15) is 0 Å². The Morgan fingerprint density at radius 1 is 1.59 bits per heavy atom. The predicted octanol–water partition coefficient (Wildman–Crippen LogP) is -0.0589. The summed E-state index contributed by atoms with van der Waals surface area (Å²) in [5.74, 6) is 0.102. The van der Waals surface area contributed by atoms with Gasteiger partial charge in [0.25, 0.3) is 5.56 Å². The molecule has 7 nitrogen and oxygen atoms in total. The summed E-state index contributed by atoms with van der Waals surface area (Å²) >= 11 is 0. The normalized spacial score (nSPS) is 11.1. The van der Waals surface area contributed by atoms with Crippen molar-refractivity contribution in [1.29, 1.82) is 0 Å². The summed E-state index contributed by atoms with van der Waals surface area (Å²) in [5.41, 5.74) is 6.00. The highest BCUT2D eigenvalue weighted by molar-refractivity contribution is 7.16. The zero-order valence-electron chi connectivity index (χ0n) is 9.22. The van der Waals surface area contributed by atoms with Crippen LogP contribution in [0.2, 0.25) is 0 Å². The zero-order chi connectivity index (χ0) is 12.3.